The van der Waals surface area contributed by atoms with Crippen molar-refractivity contribution in [3.63, 3.8) is 0 Å². The molecule has 0 radical (unpaired) electrons. The zero-order chi connectivity index (χ0) is 18.5. The van der Waals surface area contributed by atoms with Gasteiger partial charge >= 0.3 is 0 Å². The van der Waals surface area contributed by atoms with Gasteiger partial charge < -0.3 is 19.9 Å². The van der Waals surface area contributed by atoms with Gasteiger partial charge in [-0.1, -0.05) is 6.92 Å². The van der Waals surface area contributed by atoms with Gasteiger partial charge in [-0.25, -0.2) is 4.98 Å². The standard InChI is InChI=1S/C19H30N4O3/c1-13-3-5-14(6-4-13)18(24)22-11-15-7-8-17-21-12-16(23(15)17)19(25)20-9-10-26-2/h12-15H,3-11H2,1-2H3,(H,20,25)(H,22,24). The first-order valence-electron chi connectivity index (χ1n) is 9.71. The van der Waals surface area contributed by atoms with Crippen molar-refractivity contribution in [1.82, 2.24) is 20.2 Å². The van der Waals surface area contributed by atoms with Crippen LogP contribution in [-0.4, -0.2) is 48.2 Å². The minimum Gasteiger partial charge on any atom is -0.383 e. The van der Waals surface area contributed by atoms with Crippen molar-refractivity contribution in [3.8, 4) is 0 Å². The summed E-state index contributed by atoms with van der Waals surface area (Å²) in [6.07, 6.45) is 7.63. The average Bonchev–Trinajstić information content (AvgIpc) is 3.22. The SMILES string of the molecule is COCCNC(=O)c1cnc2n1C(CNC(=O)C1CCC(C)CC1)CC2. The number of ether oxygens (including phenoxy) is 1. The summed E-state index contributed by atoms with van der Waals surface area (Å²) in [7, 11) is 1.61. The van der Waals surface area contributed by atoms with Gasteiger partial charge in [0.15, 0.2) is 0 Å². The van der Waals surface area contributed by atoms with Crippen LogP contribution in [0.1, 0.15) is 61.4 Å². The first kappa shape index (κ1) is 18.9. The van der Waals surface area contributed by atoms with Crippen molar-refractivity contribution >= 4 is 11.8 Å². The minimum atomic E-state index is -0.139. The summed E-state index contributed by atoms with van der Waals surface area (Å²) in [6.45, 7) is 3.77. The Morgan fingerprint density at radius 1 is 1.23 bits per heavy atom. The van der Waals surface area contributed by atoms with Crippen molar-refractivity contribution in [2.24, 2.45) is 11.8 Å². The Labute approximate surface area is 154 Å². The Hall–Kier alpha value is -1.89. The topological polar surface area (TPSA) is 85.2 Å². The number of amides is 2. The normalized spacial score (nSPS) is 24.9. The smallest absolute Gasteiger partial charge is 0.269 e. The highest BCUT2D eigenvalue weighted by Gasteiger charge is 2.30. The van der Waals surface area contributed by atoms with E-state index in [4.69, 9.17) is 4.74 Å². The van der Waals surface area contributed by atoms with Crippen LogP contribution in [0.15, 0.2) is 6.20 Å². The number of methoxy groups -OCH3 is 1. The van der Waals surface area contributed by atoms with Crippen molar-refractivity contribution in [1.29, 1.82) is 0 Å². The highest BCUT2D eigenvalue weighted by atomic mass is 16.5. The first-order chi connectivity index (χ1) is 12.6. The molecule has 2 aliphatic rings. The van der Waals surface area contributed by atoms with Crippen LogP contribution in [0.3, 0.4) is 0 Å². The molecule has 1 atom stereocenters. The second-order valence-electron chi connectivity index (χ2n) is 7.57. The molecule has 1 fully saturated rings. The lowest BCUT2D eigenvalue weighted by Gasteiger charge is -2.26. The van der Waals surface area contributed by atoms with Gasteiger partial charge in [-0.15, -0.1) is 0 Å². The molecule has 1 aromatic rings. The van der Waals surface area contributed by atoms with Crippen LogP contribution in [0.2, 0.25) is 0 Å². The quantitative estimate of drug-likeness (QED) is 0.723. The number of fused-ring (bicyclic) bond motifs is 1. The molecule has 3 rings (SSSR count). The Morgan fingerprint density at radius 2 is 2.00 bits per heavy atom. The third kappa shape index (κ3) is 4.26. The maximum atomic E-state index is 12.5. The van der Waals surface area contributed by atoms with Crippen LogP contribution < -0.4 is 10.6 Å². The van der Waals surface area contributed by atoms with E-state index in [2.05, 4.69) is 22.5 Å². The zero-order valence-electron chi connectivity index (χ0n) is 15.8. The predicted molar refractivity (Wildman–Crippen MR) is 97.9 cm³/mol. The number of carbonyl (C=O) groups is 2. The molecular weight excluding hydrogens is 332 g/mol. The number of aromatic nitrogens is 2. The average molecular weight is 362 g/mol. The second kappa shape index (κ2) is 8.66. The van der Waals surface area contributed by atoms with E-state index in [9.17, 15) is 9.59 Å². The lowest BCUT2D eigenvalue weighted by atomic mass is 9.82. The molecule has 1 aliphatic heterocycles. The fraction of sp³-hybridized carbons (Fsp3) is 0.737. The summed E-state index contributed by atoms with van der Waals surface area (Å²) in [4.78, 5) is 29.2. The molecule has 0 spiro atoms. The van der Waals surface area contributed by atoms with Gasteiger partial charge in [-0.3, -0.25) is 9.59 Å². The Kier molecular flexibility index (Phi) is 6.29. The number of hydrogen-bond donors (Lipinski definition) is 2. The molecule has 1 aliphatic carbocycles. The lowest BCUT2D eigenvalue weighted by molar-refractivity contribution is -0.126. The number of carbonyl (C=O) groups excluding carboxylic acids is 2. The predicted octanol–water partition coefficient (Wildman–Crippen LogP) is 1.69. The molecule has 144 valence electrons. The monoisotopic (exact) mass is 362 g/mol. The molecule has 26 heavy (non-hydrogen) atoms. The molecule has 0 saturated heterocycles. The molecule has 7 nitrogen and oxygen atoms in total. The van der Waals surface area contributed by atoms with E-state index in [1.54, 1.807) is 13.3 Å². The van der Waals surface area contributed by atoms with E-state index < -0.39 is 0 Å². The van der Waals surface area contributed by atoms with Gasteiger partial charge in [-0.05, 0) is 38.0 Å². The summed E-state index contributed by atoms with van der Waals surface area (Å²) < 4.78 is 6.96. The van der Waals surface area contributed by atoms with E-state index in [0.717, 1.165) is 50.3 Å². The summed E-state index contributed by atoms with van der Waals surface area (Å²) in [5, 5.41) is 5.96. The highest BCUT2D eigenvalue weighted by molar-refractivity contribution is 5.92. The third-order valence-corrected chi connectivity index (χ3v) is 5.66. The van der Waals surface area contributed by atoms with E-state index in [-0.39, 0.29) is 23.8 Å². The highest BCUT2D eigenvalue weighted by Crippen LogP contribution is 2.29. The number of rotatable bonds is 7. The van der Waals surface area contributed by atoms with Crippen molar-refractivity contribution in [3.05, 3.63) is 17.7 Å². The number of nitrogens with one attached hydrogen (secondary N) is 2. The number of nitrogens with zero attached hydrogens (tertiary/aromatic N) is 2. The van der Waals surface area contributed by atoms with Gasteiger partial charge in [0, 0.05) is 32.5 Å². The fourth-order valence-electron chi connectivity index (χ4n) is 4.02. The van der Waals surface area contributed by atoms with E-state index in [0.29, 0.717) is 25.4 Å². The van der Waals surface area contributed by atoms with Crippen LogP contribution in [0.4, 0.5) is 0 Å². The second-order valence-corrected chi connectivity index (χ2v) is 7.57. The molecule has 2 N–H and O–H groups in total. The van der Waals surface area contributed by atoms with E-state index >= 15 is 0 Å². The zero-order valence-corrected chi connectivity index (χ0v) is 15.8. The molecule has 1 unspecified atom stereocenters. The maximum absolute atomic E-state index is 12.5. The minimum absolute atomic E-state index is 0.0992. The molecular formula is C19H30N4O3. The van der Waals surface area contributed by atoms with Crippen LogP contribution in [-0.2, 0) is 16.0 Å². The number of hydrogen-bond acceptors (Lipinski definition) is 4. The third-order valence-electron chi connectivity index (χ3n) is 5.66. The molecule has 7 heteroatoms. The van der Waals surface area contributed by atoms with Crippen LogP contribution >= 0.6 is 0 Å². The molecule has 1 aromatic heterocycles. The summed E-state index contributed by atoms with van der Waals surface area (Å²) >= 11 is 0. The van der Waals surface area contributed by atoms with Gasteiger partial charge in [-0.2, -0.15) is 0 Å². The Balaban J connectivity index is 1.56. The van der Waals surface area contributed by atoms with Gasteiger partial charge in [0.2, 0.25) is 5.91 Å². The number of imidazole rings is 1. The van der Waals surface area contributed by atoms with Crippen molar-refractivity contribution in [2.75, 3.05) is 26.8 Å². The van der Waals surface area contributed by atoms with Gasteiger partial charge in [0.05, 0.1) is 18.8 Å². The molecule has 2 amide bonds. The number of aryl methyl sites for hydroxylation is 1. The van der Waals surface area contributed by atoms with E-state index in [1.807, 2.05) is 4.57 Å². The molecule has 0 bridgehead atoms. The first-order valence-corrected chi connectivity index (χ1v) is 9.71. The van der Waals surface area contributed by atoms with Crippen molar-refractivity contribution in [2.45, 2.75) is 51.5 Å². The van der Waals surface area contributed by atoms with Crippen LogP contribution in [0, 0.1) is 11.8 Å². The molecule has 1 saturated carbocycles. The summed E-state index contributed by atoms with van der Waals surface area (Å²) in [5.74, 6) is 1.83. The maximum Gasteiger partial charge on any atom is 0.269 e. The fourth-order valence-corrected chi connectivity index (χ4v) is 4.02. The van der Waals surface area contributed by atoms with E-state index in [1.165, 1.54) is 0 Å². The van der Waals surface area contributed by atoms with Gasteiger partial charge in [0.1, 0.15) is 11.5 Å². The Morgan fingerprint density at radius 3 is 2.73 bits per heavy atom. The van der Waals surface area contributed by atoms with Gasteiger partial charge in [0.25, 0.3) is 5.91 Å². The molecule has 0 aromatic carbocycles. The van der Waals surface area contributed by atoms with Crippen LogP contribution in [0.25, 0.3) is 0 Å². The largest absolute Gasteiger partial charge is 0.383 e. The molecule has 2 heterocycles. The summed E-state index contributed by atoms with van der Waals surface area (Å²) in [6, 6.07) is 0.0992. The van der Waals surface area contributed by atoms with Crippen LogP contribution in [0.5, 0.6) is 0 Å². The van der Waals surface area contributed by atoms with Crippen molar-refractivity contribution < 1.29 is 14.3 Å². The lowest BCUT2D eigenvalue weighted by Crippen LogP contribution is -2.37. The Bertz CT molecular complexity index is 635. The summed E-state index contributed by atoms with van der Waals surface area (Å²) in [5.41, 5.74) is 0.569.